The molecule has 1 heterocycles. The summed E-state index contributed by atoms with van der Waals surface area (Å²) in [5.74, 6) is 0. The van der Waals surface area contributed by atoms with Crippen molar-refractivity contribution in [3.8, 4) is 0 Å². The highest BCUT2D eigenvalue weighted by Gasteiger charge is 2.13. The number of nitrogens with zero attached hydrogens (tertiary/aromatic N) is 1. The quantitative estimate of drug-likeness (QED) is 0.868. The predicted octanol–water partition coefficient (Wildman–Crippen LogP) is 2.96. The van der Waals surface area contributed by atoms with Crippen LogP contribution in [0.25, 0.3) is 0 Å². The molecule has 0 aliphatic carbocycles. The maximum Gasteiger partial charge on any atom is 0.0399 e. The fourth-order valence-electron chi connectivity index (χ4n) is 2.65. The van der Waals surface area contributed by atoms with Crippen LogP contribution >= 0.6 is 0 Å². The van der Waals surface area contributed by atoms with E-state index in [1.165, 1.54) is 50.0 Å². The van der Waals surface area contributed by atoms with E-state index in [2.05, 4.69) is 36.1 Å². The van der Waals surface area contributed by atoms with Gasteiger partial charge in [0.2, 0.25) is 0 Å². The molecule has 1 unspecified atom stereocenters. The van der Waals surface area contributed by atoms with E-state index >= 15 is 0 Å². The highest BCUT2D eigenvalue weighted by molar-refractivity contribution is 5.54. The van der Waals surface area contributed by atoms with E-state index in [9.17, 15) is 0 Å². The van der Waals surface area contributed by atoms with Crippen LogP contribution in [0.2, 0.25) is 0 Å². The molecular formula is C15H24N2. The van der Waals surface area contributed by atoms with Gasteiger partial charge < -0.3 is 10.6 Å². The molecule has 2 rings (SSSR count). The van der Waals surface area contributed by atoms with Crippen LogP contribution in [-0.2, 0) is 6.42 Å². The number of anilines is 1. The number of hydrogen-bond donors (Lipinski definition) is 1. The summed E-state index contributed by atoms with van der Waals surface area (Å²) in [6.07, 6.45) is 6.39. The highest BCUT2D eigenvalue weighted by Crippen LogP contribution is 2.24. The Hall–Kier alpha value is -1.02. The van der Waals surface area contributed by atoms with Crippen LogP contribution in [0.15, 0.2) is 24.3 Å². The lowest BCUT2D eigenvalue weighted by Gasteiger charge is -2.26. The van der Waals surface area contributed by atoms with Crippen LogP contribution < -0.4 is 10.6 Å². The van der Waals surface area contributed by atoms with Gasteiger partial charge in [-0.1, -0.05) is 31.0 Å². The normalized spacial score (nSPS) is 18.8. The van der Waals surface area contributed by atoms with Crippen molar-refractivity contribution in [3.63, 3.8) is 0 Å². The van der Waals surface area contributed by atoms with Gasteiger partial charge in [-0.2, -0.15) is 0 Å². The minimum absolute atomic E-state index is 0.239. The van der Waals surface area contributed by atoms with Gasteiger partial charge in [0.25, 0.3) is 0 Å². The van der Waals surface area contributed by atoms with Crippen LogP contribution in [-0.4, -0.2) is 19.1 Å². The number of benzene rings is 1. The third-order valence-electron chi connectivity index (χ3n) is 3.48. The summed E-state index contributed by atoms with van der Waals surface area (Å²) in [4.78, 5) is 2.55. The molecule has 2 nitrogen and oxygen atoms in total. The lowest BCUT2D eigenvalue weighted by molar-refractivity contribution is 0.726. The second kappa shape index (κ2) is 6.06. The van der Waals surface area contributed by atoms with E-state index in [1.807, 2.05) is 0 Å². The average molecular weight is 232 g/mol. The van der Waals surface area contributed by atoms with Gasteiger partial charge in [0.05, 0.1) is 0 Å². The molecule has 0 spiro atoms. The van der Waals surface area contributed by atoms with Crippen molar-refractivity contribution < 1.29 is 0 Å². The topological polar surface area (TPSA) is 29.3 Å². The van der Waals surface area contributed by atoms with Crippen LogP contribution in [0.1, 0.15) is 38.2 Å². The van der Waals surface area contributed by atoms with Crippen LogP contribution in [0.3, 0.4) is 0 Å². The first-order valence-corrected chi connectivity index (χ1v) is 6.86. The summed E-state index contributed by atoms with van der Waals surface area (Å²) in [6.45, 7) is 4.49. The Balaban J connectivity index is 2.17. The smallest absolute Gasteiger partial charge is 0.0399 e. The molecule has 1 saturated heterocycles. The van der Waals surface area contributed by atoms with Gasteiger partial charge in [0.1, 0.15) is 0 Å². The average Bonchev–Trinajstić information content (AvgIpc) is 2.57. The van der Waals surface area contributed by atoms with Gasteiger partial charge in [0, 0.05) is 24.8 Å². The van der Waals surface area contributed by atoms with E-state index in [0.717, 1.165) is 6.42 Å². The maximum absolute atomic E-state index is 5.94. The minimum Gasteiger partial charge on any atom is -0.371 e. The van der Waals surface area contributed by atoms with Crippen molar-refractivity contribution in [3.05, 3.63) is 29.8 Å². The SMILES string of the molecule is CC(N)Cc1ccccc1N1CCCCCC1. The van der Waals surface area contributed by atoms with Crippen molar-refractivity contribution in [2.24, 2.45) is 5.73 Å². The molecule has 1 aromatic carbocycles. The Bertz CT molecular complexity index is 339. The van der Waals surface area contributed by atoms with Crippen LogP contribution in [0, 0.1) is 0 Å². The maximum atomic E-state index is 5.94. The first kappa shape index (κ1) is 12.4. The first-order valence-electron chi connectivity index (χ1n) is 6.86. The molecule has 2 N–H and O–H groups in total. The van der Waals surface area contributed by atoms with Crippen LogP contribution in [0.4, 0.5) is 5.69 Å². The number of nitrogens with two attached hydrogens (primary N) is 1. The molecule has 2 heteroatoms. The van der Waals surface area contributed by atoms with Crippen molar-refractivity contribution in [1.82, 2.24) is 0 Å². The molecule has 1 atom stereocenters. The number of rotatable bonds is 3. The molecule has 0 aromatic heterocycles. The van der Waals surface area contributed by atoms with E-state index in [1.54, 1.807) is 0 Å². The summed E-state index contributed by atoms with van der Waals surface area (Å²) in [7, 11) is 0. The molecule has 94 valence electrons. The fraction of sp³-hybridized carbons (Fsp3) is 0.600. The lowest BCUT2D eigenvalue weighted by atomic mass is 10.0. The first-order chi connectivity index (χ1) is 8.27. The third kappa shape index (κ3) is 3.47. The largest absolute Gasteiger partial charge is 0.371 e. The third-order valence-corrected chi connectivity index (χ3v) is 3.48. The van der Waals surface area contributed by atoms with Gasteiger partial charge in [-0.3, -0.25) is 0 Å². The monoisotopic (exact) mass is 232 g/mol. The van der Waals surface area contributed by atoms with E-state index < -0.39 is 0 Å². The van der Waals surface area contributed by atoms with Gasteiger partial charge in [-0.15, -0.1) is 0 Å². The van der Waals surface area contributed by atoms with Gasteiger partial charge >= 0.3 is 0 Å². The summed E-state index contributed by atoms with van der Waals surface area (Å²) >= 11 is 0. The van der Waals surface area contributed by atoms with E-state index in [0.29, 0.717) is 0 Å². The van der Waals surface area contributed by atoms with Crippen LogP contribution in [0.5, 0.6) is 0 Å². The molecular weight excluding hydrogens is 208 g/mol. The zero-order valence-corrected chi connectivity index (χ0v) is 10.9. The summed E-state index contributed by atoms with van der Waals surface area (Å²) in [5, 5.41) is 0. The molecule has 0 saturated carbocycles. The zero-order chi connectivity index (χ0) is 12.1. The van der Waals surface area contributed by atoms with Crippen molar-refractivity contribution in [2.45, 2.75) is 45.1 Å². The number of para-hydroxylation sites is 1. The van der Waals surface area contributed by atoms with Gasteiger partial charge in [-0.25, -0.2) is 0 Å². The van der Waals surface area contributed by atoms with Crippen molar-refractivity contribution in [1.29, 1.82) is 0 Å². The Morgan fingerprint density at radius 1 is 1.12 bits per heavy atom. The standard InChI is InChI=1S/C15H24N2/c1-13(16)12-14-8-4-5-9-15(14)17-10-6-2-3-7-11-17/h4-5,8-9,13H,2-3,6-7,10-12,16H2,1H3. The van der Waals surface area contributed by atoms with Gasteiger partial charge in [-0.05, 0) is 37.8 Å². The Morgan fingerprint density at radius 2 is 1.76 bits per heavy atom. The zero-order valence-electron chi connectivity index (χ0n) is 10.9. The molecule has 0 radical (unpaired) electrons. The molecule has 17 heavy (non-hydrogen) atoms. The van der Waals surface area contributed by atoms with Crippen molar-refractivity contribution >= 4 is 5.69 Å². The van der Waals surface area contributed by atoms with E-state index in [4.69, 9.17) is 5.73 Å². The predicted molar refractivity (Wildman–Crippen MR) is 74.5 cm³/mol. The molecule has 0 amide bonds. The Labute approximate surface area is 105 Å². The Kier molecular flexibility index (Phi) is 4.43. The molecule has 1 fully saturated rings. The summed E-state index contributed by atoms with van der Waals surface area (Å²) < 4.78 is 0. The van der Waals surface area contributed by atoms with Gasteiger partial charge in [0.15, 0.2) is 0 Å². The highest BCUT2D eigenvalue weighted by atomic mass is 15.1. The summed E-state index contributed by atoms with van der Waals surface area (Å²) in [6, 6.07) is 8.99. The summed E-state index contributed by atoms with van der Waals surface area (Å²) in [5.41, 5.74) is 8.75. The molecule has 1 aromatic rings. The van der Waals surface area contributed by atoms with E-state index in [-0.39, 0.29) is 6.04 Å². The minimum atomic E-state index is 0.239. The molecule has 0 bridgehead atoms. The molecule has 1 aliphatic rings. The number of hydrogen-bond acceptors (Lipinski definition) is 2. The van der Waals surface area contributed by atoms with Crippen molar-refractivity contribution in [2.75, 3.05) is 18.0 Å². The fourth-order valence-corrected chi connectivity index (χ4v) is 2.65. The Morgan fingerprint density at radius 3 is 2.41 bits per heavy atom. The second-order valence-electron chi connectivity index (χ2n) is 5.21. The molecule has 1 aliphatic heterocycles. The lowest BCUT2D eigenvalue weighted by Crippen LogP contribution is -2.26. The second-order valence-corrected chi connectivity index (χ2v) is 5.21.